The standard InChI is InChI=1S/C21H14F2N4O4.2C2H4O2.Pd/c1-30-18-16(6-5-15(22)17(18)23)31-21-14(7-11(9-24)10-26-21)20(29)27-13-4-2-3-12(8-13)19(25)28;2*1-2(3)4;/h2-8,10H,1H3,(H2,25,28)(H,27,29);2*1H3,(H,3,4);/q;;;+2/p-2. The first-order valence-electron chi connectivity index (χ1n) is 10.5. The zero-order valence-electron chi connectivity index (χ0n) is 20.9. The van der Waals surface area contributed by atoms with Gasteiger partial charge in [0.25, 0.3) is 5.91 Å². The number of carboxylic acids is 2. The first-order valence-corrected chi connectivity index (χ1v) is 10.5. The van der Waals surface area contributed by atoms with Gasteiger partial charge in [-0.15, -0.1) is 0 Å². The molecule has 212 valence electrons. The number of benzene rings is 2. The second kappa shape index (κ2) is 16.8. The Hall–Kier alpha value is -4.92. The summed E-state index contributed by atoms with van der Waals surface area (Å²) in [5.41, 5.74) is 5.54. The van der Waals surface area contributed by atoms with Crippen molar-refractivity contribution in [2.24, 2.45) is 5.73 Å². The van der Waals surface area contributed by atoms with Crippen LogP contribution in [0.5, 0.6) is 17.4 Å². The van der Waals surface area contributed by atoms with Crippen LogP contribution < -0.4 is 30.7 Å². The monoisotopic (exact) mass is 648 g/mol. The molecule has 3 N–H and O–H groups in total. The fourth-order valence-electron chi connectivity index (χ4n) is 2.60. The van der Waals surface area contributed by atoms with Crippen molar-refractivity contribution in [1.82, 2.24) is 4.98 Å². The Balaban J connectivity index is 0.00000149. The van der Waals surface area contributed by atoms with E-state index in [9.17, 15) is 18.4 Å². The van der Waals surface area contributed by atoms with Gasteiger partial charge >= 0.3 is 20.4 Å². The van der Waals surface area contributed by atoms with Crippen LogP contribution >= 0.6 is 0 Å². The van der Waals surface area contributed by atoms with Gasteiger partial charge < -0.3 is 40.3 Å². The number of halogens is 2. The zero-order chi connectivity index (χ0) is 29.7. The summed E-state index contributed by atoms with van der Waals surface area (Å²) in [6.45, 7) is 1.94. The number of ether oxygens (including phenoxy) is 2. The van der Waals surface area contributed by atoms with Crippen molar-refractivity contribution in [3.8, 4) is 23.4 Å². The largest absolute Gasteiger partial charge is 2.00 e. The van der Waals surface area contributed by atoms with E-state index in [1.54, 1.807) is 0 Å². The molecule has 1 aromatic heterocycles. The molecule has 2 amide bonds. The van der Waals surface area contributed by atoms with Gasteiger partial charge in [0.15, 0.2) is 11.6 Å². The average Bonchev–Trinajstić information content (AvgIpc) is 2.86. The molecule has 0 aliphatic carbocycles. The Kier molecular flexibility index (Phi) is 14.8. The molecule has 0 radical (unpaired) electrons. The van der Waals surface area contributed by atoms with Gasteiger partial charge in [-0.05, 0) is 50.2 Å². The third-order valence-electron chi connectivity index (χ3n) is 4.05. The predicted molar refractivity (Wildman–Crippen MR) is 126 cm³/mol. The van der Waals surface area contributed by atoms with Gasteiger partial charge in [0.05, 0.1) is 12.7 Å². The van der Waals surface area contributed by atoms with Gasteiger partial charge in [-0.1, -0.05) is 6.07 Å². The number of nitrogens with zero attached hydrogens (tertiary/aromatic N) is 2. The summed E-state index contributed by atoms with van der Waals surface area (Å²) in [6.07, 6.45) is 1.15. The van der Waals surface area contributed by atoms with Crippen LogP contribution in [-0.4, -0.2) is 35.8 Å². The number of primary amides is 1. The predicted octanol–water partition coefficient (Wildman–Crippen LogP) is 0.893. The number of carboxylic acid groups (broad SMARTS) is 2. The van der Waals surface area contributed by atoms with E-state index < -0.39 is 41.1 Å². The molecule has 0 saturated heterocycles. The summed E-state index contributed by atoms with van der Waals surface area (Å²) in [4.78, 5) is 45.9. The number of pyridine rings is 1. The minimum atomic E-state index is -1.28. The van der Waals surface area contributed by atoms with E-state index in [0.29, 0.717) is 0 Å². The van der Waals surface area contributed by atoms with Crippen LogP contribution in [0.25, 0.3) is 0 Å². The zero-order valence-corrected chi connectivity index (χ0v) is 22.5. The maximum Gasteiger partial charge on any atom is 2.00 e. The maximum atomic E-state index is 14.0. The number of aliphatic carboxylic acids is 2. The number of hydrogen-bond donors (Lipinski definition) is 2. The smallest absolute Gasteiger partial charge is 0.550 e. The summed E-state index contributed by atoms with van der Waals surface area (Å²) in [5.74, 6) is -7.05. The molecule has 12 nitrogen and oxygen atoms in total. The summed E-state index contributed by atoms with van der Waals surface area (Å²) < 4.78 is 37.8. The van der Waals surface area contributed by atoms with Crippen LogP contribution in [0.1, 0.15) is 40.1 Å². The van der Waals surface area contributed by atoms with Crippen molar-refractivity contribution in [3.63, 3.8) is 0 Å². The first-order chi connectivity index (χ1) is 18.3. The van der Waals surface area contributed by atoms with Crippen molar-refractivity contribution < 1.29 is 68.1 Å². The van der Waals surface area contributed by atoms with Gasteiger partial charge in [-0.3, -0.25) is 9.59 Å². The molecule has 0 atom stereocenters. The van der Waals surface area contributed by atoms with Crippen LogP contribution in [0.15, 0.2) is 48.7 Å². The van der Waals surface area contributed by atoms with Gasteiger partial charge in [-0.2, -0.15) is 9.65 Å². The number of carbonyl (C=O) groups excluding carboxylic acids is 4. The summed E-state index contributed by atoms with van der Waals surface area (Å²) in [6, 6.07) is 10.9. The molecule has 15 heteroatoms. The molecule has 0 aliphatic rings. The molecular weight excluding hydrogens is 629 g/mol. The number of methoxy groups -OCH3 is 1. The molecule has 0 unspecified atom stereocenters. The molecule has 1 heterocycles. The van der Waals surface area contributed by atoms with E-state index in [1.807, 2.05) is 6.07 Å². The van der Waals surface area contributed by atoms with Gasteiger partial charge in [0.1, 0.15) is 11.6 Å². The Morgan fingerprint density at radius 1 is 1.05 bits per heavy atom. The summed E-state index contributed by atoms with van der Waals surface area (Å²) >= 11 is 0. The van der Waals surface area contributed by atoms with Gasteiger partial charge in [0, 0.05) is 29.4 Å². The number of nitriles is 1. The van der Waals surface area contributed by atoms with E-state index in [1.165, 1.54) is 30.3 Å². The molecule has 0 spiro atoms. The third kappa shape index (κ3) is 11.2. The molecule has 40 heavy (non-hydrogen) atoms. The summed E-state index contributed by atoms with van der Waals surface area (Å²) in [5, 5.41) is 29.5. The van der Waals surface area contributed by atoms with Crippen molar-refractivity contribution in [2.45, 2.75) is 13.8 Å². The van der Waals surface area contributed by atoms with E-state index in [-0.39, 0.29) is 54.4 Å². The summed E-state index contributed by atoms with van der Waals surface area (Å²) in [7, 11) is 1.12. The third-order valence-corrected chi connectivity index (χ3v) is 4.05. The minimum absolute atomic E-state index is 0. The number of rotatable bonds is 6. The van der Waals surface area contributed by atoms with Crippen LogP contribution in [0.4, 0.5) is 14.5 Å². The second-order valence-corrected chi connectivity index (χ2v) is 7.07. The molecule has 0 aliphatic heterocycles. The topological polar surface area (TPSA) is 208 Å². The molecule has 0 saturated carbocycles. The maximum absolute atomic E-state index is 14.0. The molecule has 3 aromatic rings. The fourth-order valence-corrected chi connectivity index (χ4v) is 2.60. The Morgan fingerprint density at radius 3 is 2.17 bits per heavy atom. The van der Waals surface area contributed by atoms with E-state index >= 15 is 0 Å². The van der Waals surface area contributed by atoms with Crippen molar-refractivity contribution in [2.75, 3.05) is 12.4 Å². The molecular formula is C25H20F2N4O8Pd. The Morgan fingerprint density at radius 2 is 1.65 bits per heavy atom. The van der Waals surface area contributed by atoms with E-state index in [0.717, 1.165) is 39.3 Å². The van der Waals surface area contributed by atoms with Crippen LogP contribution in [0.3, 0.4) is 0 Å². The Bertz CT molecular complexity index is 1410. The number of amides is 2. The van der Waals surface area contributed by atoms with Crippen LogP contribution in [-0.2, 0) is 30.0 Å². The second-order valence-electron chi connectivity index (χ2n) is 7.07. The number of aromatic nitrogens is 1. The number of nitrogens with two attached hydrogens (primary N) is 1. The fraction of sp³-hybridized carbons (Fsp3) is 0.120. The van der Waals surface area contributed by atoms with Crippen LogP contribution in [0.2, 0.25) is 0 Å². The van der Waals surface area contributed by atoms with Gasteiger partial charge in [0.2, 0.25) is 23.4 Å². The molecule has 0 bridgehead atoms. The molecule has 2 aromatic carbocycles. The normalized spacial score (nSPS) is 9.10. The van der Waals surface area contributed by atoms with Gasteiger partial charge in [-0.25, -0.2) is 9.37 Å². The van der Waals surface area contributed by atoms with Crippen LogP contribution in [0, 0.1) is 23.0 Å². The Labute approximate surface area is 240 Å². The van der Waals surface area contributed by atoms with Crippen molar-refractivity contribution in [1.29, 1.82) is 5.26 Å². The molecule has 0 fully saturated rings. The number of carbonyl (C=O) groups is 4. The minimum Gasteiger partial charge on any atom is -0.550 e. The number of hydrogen-bond acceptors (Lipinski definition) is 10. The first kappa shape index (κ1) is 35.1. The van der Waals surface area contributed by atoms with E-state index in [2.05, 4.69) is 10.3 Å². The average molecular weight is 649 g/mol. The molecule has 3 rings (SSSR count). The van der Waals surface area contributed by atoms with E-state index in [4.69, 9.17) is 40.3 Å². The van der Waals surface area contributed by atoms with Crippen molar-refractivity contribution >= 4 is 29.4 Å². The van der Waals surface area contributed by atoms with Crippen molar-refractivity contribution in [3.05, 3.63) is 77.0 Å². The SMILES string of the molecule is CC(=O)[O-].CC(=O)[O-].COc1c(Oc2ncc(C#N)cc2C(=O)Nc2cccc(C(N)=O)c2)ccc(F)c1F.[Pd+2]. The quantitative estimate of drug-likeness (QED) is 0.361. The number of nitrogens with one attached hydrogen (secondary N) is 1. The number of anilines is 1.